The molecule has 1 rings (SSSR count). The summed E-state index contributed by atoms with van der Waals surface area (Å²) in [6.07, 6.45) is 4.55. The van der Waals surface area contributed by atoms with Gasteiger partial charge in [0.2, 0.25) is 0 Å². The number of rotatable bonds is 8. The van der Waals surface area contributed by atoms with Crippen LogP contribution in [0.1, 0.15) is 46.0 Å². The second-order valence-electron chi connectivity index (χ2n) is 4.43. The molecule has 0 aromatic rings. The first-order valence-electron chi connectivity index (χ1n) is 6.53. The largest absolute Gasteiger partial charge is 0.465 e. The zero-order chi connectivity index (χ0) is 12.7. The summed E-state index contributed by atoms with van der Waals surface area (Å²) in [6.45, 7) is 5.01. The molecule has 0 aromatic heterocycles. The standard InChI is InChI=1S/C13H22N2O2/c1-3-6-12(13(16)17-4-2)15(10-5-9-14)11-7-8-11/h11-12H,3-8,10H2,1-2H3. The summed E-state index contributed by atoms with van der Waals surface area (Å²) in [5.74, 6) is -0.126. The van der Waals surface area contributed by atoms with Gasteiger partial charge in [-0.15, -0.1) is 0 Å². The van der Waals surface area contributed by atoms with Crippen LogP contribution >= 0.6 is 0 Å². The molecule has 0 heterocycles. The first-order chi connectivity index (χ1) is 8.24. The Morgan fingerprint density at radius 1 is 1.53 bits per heavy atom. The van der Waals surface area contributed by atoms with Crippen molar-refractivity contribution in [2.45, 2.75) is 58.0 Å². The van der Waals surface area contributed by atoms with Gasteiger partial charge in [-0.05, 0) is 26.2 Å². The fraction of sp³-hybridized carbons (Fsp3) is 0.846. The topological polar surface area (TPSA) is 53.3 Å². The number of carbonyl (C=O) groups excluding carboxylic acids is 1. The first kappa shape index (κ1) is 14.0. The van der Waals surface area contributed by atoms with Gasteiger partial charge in [0.05, 0.1) is 12.7 Å². The van der Waals surface area contributed by atoms with Crippen molar-refractivity contribution >= 4 is 5.97 Å². The van der Waals surface area contributed by atoms with Crippen molar-refractivity contribution in [3.63, 3.8) is 0 Å². The lowest BCUT2D eigenvalue weighted by Crippen LogP contribution is -2.44. The van der Waals surface area contributed by atoms with Crippen LogP contribution in [0.5, 0.6) is 0 Å². The Labute approximate surface area is 104 Å². The lowest BCUT2D eigenvalue weighted by atomic mass is 10.1. The number of esters is 1. The minimum Gasteiger partial charge on any atom is -0.465 e. The molecule has 0 amide bonds. The Morgan fingerprint density at radius 3 is 2.71 bits per heavy atom. The van der Waals surface area contributed by atoms with Crippen LogP contribution in [-0.2, 0) is 9.53 Å². The molecule has 4 heteroatoms. The molecule has 1 unspecified atom stereocenters. The molecule has 1 fully saturated rings. The second-order valence-corrected chi connectivity index (χ2v) is 4.43. The minimum absolute atomic E-state index is 0.126. The van der Waals surface area contributed by atoms with E-state index in [1.807, 2.05) is 6.92 Å². The maximum Gasteiger partial charge on any atom is 0.323 e. The van der Waals surface area contributed by atoms with Crippen LogP contribution in [0.3, 0.4) is 0 Å². The summed E-state index contributed by atoms with van der Waals surface area (Å²) >= 11 is 0. The average Bonchev–Trinajstić information content (AvgIpc) is 3.12. The molecule has 1 atom stereocenters. The summed E-state index contributed by atoms with van der Waals surface area (Å²) in [7, 11) is 0. The van der Waals surface area contributed by atoms with Crippen molar-refractivity contribution in [3.8, 4) is 6.07 Å². The highest BCUT2D eigenvalue weighted by atomic mass is 16.5. The predicted octanol–water partition coefficient (Wildman–Crippen LogP) is 2.10. The lowest BCUT2D eigenvalue weighted by Gasteiger charge is -2.29. The summed E-state index contributed by atoms with van der Waals surface area (Å²) in [5.41, 5.74) is 0. The average molecular weight is 238 g/mol. The van der Waals surface area contributed by atoms with Crippen LogP contribution in [-0.4, -0.2) is 36.1 Å². The normalized spacial score (nSPS) is 16.6. The molecule has 1 aliphatic carbocycles. The summed E-state index contributed by atoms with van der Waals surface area (Å²) in [4.78, 5) is 14.1. The lowest BCUT2D eigenvalue weighted by molar-refractivity contribution is -0.150. The van der Waals surface area contributed by atoms with Crippen LogP contribution in [0.4, 0.5) is 0 Å². The van der Waals surface area contributed by atoms with Crippen molar-refractivity contribution < 1.29 is 9.53 Å². The highest BCUT2D eigenvalue weighted by molar-refractivity contribution is 5.75. The van der Waals surface area contributed by atoms with E-state index in [9.17, 15) is 4.79 Å². The quantitative estimate of drug-likeness (QED) is 0.608. The Bertz CT molecular complexity index is 282. The molecule has 0 radical (unpaired) electrons. The number of hydrogen-bond acceptors (Lipinski definition) is 4. The van der Waals surface area contributed by atoms with Gasteiger partial charge in [-0.25, -0.2) is 0 Å². The van der Waals surface area contributed by atoms with Crippen molar-refractivity contribution in [1.82, 2.24) is 4.90 Å². The molecule has 1 aliphatic rings. The number of nitriles is 1. The third-order valence-electron chi connectivity index (χ3n) is 3.02. The van der Waals surface area contributed by atoms with Gasteiger partial charge in [0.25, 0.3) is 0 Å². The highest BCUT2D eigenvalue weighted by Gasteiger charge is 2.37. The van der Waals surface area contributed by atoms with E-state index in [2.05, 4.69) is 17.9 Å². The highest BCUT2D eigenvalue weighted by Crippen LogP contribution is 2.30. The van der Waals surface area contributed by atoms with Crippen LogP contribution in [0.15, 0.2) is 0 Å². The van der Waals surface area contributed by atoms with Gasteiger partial charge in [-0.3, -0.25) is 9.69 Å². The van der Waals surface area contributed by atoms with Crippen molar-refractivity contribution in [2.75, 3.05) is 13.2 Å². The summed E-state index contributed by atoms with van der Waals surface area (Å²) < 4.78 is 5.13. The fourth-order valence-electron chi connectivity index (χ4n) is 2.11. The molecular weight excluding hydrogens is 216 g/mol. The van der Waals surface area contributed by atoms with E-state index in [0.29, 0.717) is 25.6 Å². The van der Waals surface area contributed by atoms with E-state index in [0.717, 1.165) is 25.7 Å². The molecule has 0 saturated heterocycles. The van der Waals surface area contributed by atoms with Gasteiger partial charge in [-0.1, -0.05) is 13.3 Å². The number of hydrogen-bond donors (Lipinski definition) is 0. The smallest absolute Gasteiger partial charge is 0.323 e. The van der Waals surface area contributed by atoms with E-state index >= 15 is 0 Å². The van der Waals surface area contributed by atoms with Crippen molar-refractivity contribution in [2.24, 2.45) is 0 Å². The van der Waals surface area contributed by atoms with Crippen molar-refractivity contribution in [1.29, 1.82) is 5.26 Å². The Morgan fingerprint density at radius 2 is 2.24 bits per heavy atom. The zero-order valence-electron chi connectivity index (χ0n) is 10.8. The van der Waals surface area contributed by atoms with Crippen LogP contribution < -0.4 is 0 Å². The third-order valence-corrected chi connectivity index (χ3v) is 3.02. The van der Waals surface area contributed by atoms with E-state index < -0.39 is 0 Å². The molecule has 1 saturated carbocycles. The summed E-state index contributed by atoms with van der Waals surface area (Å²) in [6, 6.07) is 2.49. The van der Waals surface area contributed by atoms with E-state index in [-0.39, 0.29) is 12.0 Å². The molecule has 0 bridgehead atoms. The van der Waals surface area contributed by atoms with Crippen LogP contribution in [0, 0.1) is 11.3 Å². The molecule has 17 heavy (non-hydrogen) atoms. The second kappa shape index (κ2) is 7.29. The van der Waals surface area contributed by atoms with Gasteiger partial charge in [0.15, 0.2) is 0 Å². The van der Waals surface area contributed by atoms with E-state index in [1.165, 1.54) is 0 Å². The Kier molecular flexibility index (Phi) is 5.99. The third kappa shape index (κ3) is 4.35. The van der Waals surface area contributed by atoms with Gasteiger partial charge >= 0.3 is 5.97 Å². The zero-order valence-corrected chi connectivity index (χ0v) is 10.8. The minimum atomic E-state index is -0.152. The monoisotopic (exact) mass is 238 g/mol. The predicted molar refractivity (Wildman–Crippen MR) is 65.3 cm³/mol. The van der Waals surface area contributed by atoms with Gasteiger partial charge in [0.1, 0.15) is 6.04 Å². The van der Waals surface area contributed by atoms with E-state index in [4.69, 9.17) is 10.00 Å². The van der Waals surface area contributed by atoms with Crippen LogP contribution in [0.25, 0.3) is 0 Å². The Hall–Kier alpha value is -1.08. The molecule has 0 aliphatic heterocycles. The first-order valence-corrected chi connectivity index (χ1v) is 6.53. The number of ether oxygens (including phenoxy) is 1. The molecule has 4 nitrogen and oxygen atoms in total. The summed E-state index contributed by atoms with van der Waals surface area (Å²) in [5, 5.41) is 8.68. The molecule has 96 valence electrons. The number of carbonyl (C=O) groups is 1. The van der Waals surface area contributed by atoms with Crippen molar-refractivity contribution in [3.05, 3.63) is 0 Å². The van der Waals surface area contributed by atoms with E-state index in [1.54, 1.807) is 0 Å². The maximum atomic E-state index is 11.9. The Balaban J connectivity index is 2.63. The van der Waals surface area contributed by atoms with Gasteiger partial charge in [0, 0.05) is 19.0 Å². The fourth-order valence-corrected chi connectivity index (χ4v) is 2.11. The number of nitrogens with zero attached hydrogens (tertiary/aromatic N) is 2. The van der Waals surface area contributed by atoms with Gasteiger partial charge in [-0.2, -0.15) is 5.26 Å². The maximum absolute atomic E-state index is 11.9. The molecular formula is C13H22N2O2. The van der Waals surface area contributed by atoms with Gasteiger partial charge < -0.3 is 4.74 Å². The SMILES string of the molecule is CCCC(C(=O)OCC)N(CCC#N)C1CC1. The molecule has 0 aromatic carbocycles. The van der Waals surface area contributed by atoms with Crippen LogP contribution in [0.2, 0.25) is 0 Å². The molecule has 0 spiro atoms. The molecule has 0 N–H and O–H groups in total.